The highest BCUT2D eigenvalue weighted by molar-refractivity contribution is 6.20. The van der Waals surface area contributed by atoms with Crippen LogP contribution in [-0.2, 0) is 6.54 Å². The van der Waals surface area contributed by atoms with E-state index in [1.165, 1.54) is 37.8 Å². The van der Waals surface area contributed by atoms with Gasteiger partial charge in [-0.1, -0.05) is 13.3 Å². The van der Waals surface area contributed by atoms with Crippen LogP contribution in [0.25, 0.3) is 11.0 Å². The summed E-state index contributed by atoms with van der Waals surface area (Å²) in [6.45, 7) is 5.11. The normalized spacial score (nSPS) is 18.4. The van der Waals surface area contributed by atoms with Crippen molar-refractivity contribution in [2.45, 2.75) is 51.5 Å². The maximum atomic E-state index is 13.4. The topological polar surface area (TPSA) is 17.8 Å². The summed E-state index contributed by atoms with van der Waals surface area (Å²) in [5.41, 5.74) is 2.12. The summed E-state index contributed by atoms with van der Waals surface area (Å²) in [6, 6.07) is 4.82. The molecule has 108 valence electrons. The van der Waals surface area contributed by atoms with Crippen molar-refractivity contribution in [1.82, 2.24) is 9.55 Å². The number of nitrogens with zero attached hydrogens (tertiary/aromatic N) is 2. The summed E-state index contributed by atoms with van der Waals surface area (Å²) in [4.78, 5) is 4.54. The highest BCUT2D eigenvalue weighted by atomic mass is 35.5. The van der Waals surface area contributed by atoms with E-state index in [4.69, 9.17) is 11.6 Å². The Morgan fingerprint density at radius 2 is 2.20 bits per heavy atom. The molecule has 2 aromatic rings. The molecule has 1 atom stereocenters. The largest absolute Gasteiger partial charge is 0.326 e. The van der Waals surface area contributed by atoms with Gasteiger partial charge in [-0.2, -0.15) is 0 Å². The highest BCUT2D eigenvalue weighted by Crippen LogP contribution is 2.51. The molecular weight excluding hydrogens is 275 g/mol. The first-order chi connectivity index (χ1) is 9.54. The lowest BCUT2D eigenvalue weighted by Gasteiger charge is -2.18. The number of imidazole rings is 1. The Morgan fingerprint density at radius 1 is 1.45 bits per heavy atom. The number of alkyl halides is 1. The van der Waals surface area contributed by atoms with Crippen molar-refractivity contribution in [3.05, 3.63) is 29.8 Å². The van der Waals surface area contributed by atoms with Gasteiger partial charge >= 0.3 is 0 Å². The molecule has 1 aliphatic rings. The van der Waals surface area contributed by atoms with Crippen molar-refractivity contribution in [3.8, 4) is 0 Å². The third kappa shape index (κ3) is 2.44. The summed E-state index contributed by atoms with van der Waals surface area (Å²) >= 11 is 6.27. The molecule has 0 aliphatic heterocycles. The average Bonchev–Trinajstić information content (AvgIpc) is 3.05. The van der Waals surface area contributed by atoms with E-state index in [1.54, 1.807) is 0 Å². The van der Waals surface area contributed by atoms with E-state index < -0.39 is 0 Å². The van der Waals surface area contributed by atoms with E-state index in [-0.39, 0.29) is 11.2 Å². The summed E-state index contributed by atoms with van der Waals surface area (Å²) in [7, 11) is 0. The Kier molecular flexibility index (Phi) is 3.49. The zero-order valence-electron chi connectivity index (χ0n) is 12.0. The molecular formula is C16H20ClFN2. The molecule has 1 aromatic heterocycles. The fourth-order valence-electron chi connectivity index (χ4n) is 3.12. The van der Waals surface area contributed by atoms with Crippen LogP contribution in [0.3, 0.4) is 0 Å². The van der Waals surface area contributed by atoms with Crippen LogP contribution in [0.5, 0.6) is 0 Å². The van der Waals surface area contributed by atoms with Gasteiger partial charge in [0, 0.05) is 12.6 Å². The third-order valence-electron chi connectivity index (χ3n) is 4.33. The summed E-state index contributed by atoms with van der Waals surface area (Å²) in [5.74, 6) is 0.611. The van der Waals surface area contributed by atoms with Gasteiger partial charge in [0.15, 0.2) is 0 Å². The lowest BCUT2D eigenvalue weighted by Crippen LogP contribution is -2.14. The Bertz CT molecular complexity index is 629. The molecule has 3 rings (SSSR count). The maximum absolute atomic E-state index is 13.4. The third-order valence-corrected chi connectivity index (χ3v) is 4.52. The first-order valence-corrected chi connectivity index (χ1v) is 7.78. The lowest BCUT2D eigenvalue weighted by molar-refractivity contribution is 0.387. The number of benzene rings is 1. The number of hydrogen-bond acceptors (Lipinski definition) is 1. The summed E-state index contributed by atoms with van der Waals surface area (Å²) < 4.78 is 15.6. The van der Waals surface area contributed by atoms with Crippen LogP contribution in [0.15, 0.2) is 18.2 Å². The number of aromatic nitrogens is 2. The van der Waals surface area contributed by atoms with Crippen molar-refractivity contribution >= 4 is 22.6 Å². The number of halogens is 2. The molecule has 1 aliphatic carbocycles. The maximum Gasteiger partial charge on any atom is 0.127 e. The molecule has 0 saturated heterocycles. The average molecular weight is 295 g/mol. The molecule has 1 unspecified atom stereocenters. The van der Waals surface area contributed by atoms with Gasteiger partial charge in [0.05, 0.1) is 16.4 Å². The number of hydrogen-bond donors (Lipinski definition) is 0. The van der Waals surface area contributed by atoms with Gasteiger partial charge in [0.25, 0.3) is 0 Å². The molecule has 0 radical (unpaired) electrons. The van der Waals surface area contributed by atoms with Gasteiger partial charge in [-0.3, -0.25) is 0 Å². The van der Waals surface area contributed by atoms with Gasteiger partial charge in [-0.25, -0.2) is 9.37 Å². The molecule has 20 heavy (non-hydrogen) atoms. The van der Waals surface area contributed by atoms with Gasteiger partial charge in [-0.05, 0) is 43.7 Å². The van der Waals surface area contributed by atoms with Crippen LogP contribution < -0.4 is 0 Å². The zero-order valence-corrected chi connectivity index (χ0v) is 12.8. The second-order valence-electron chi connectivity index (χ2n) is 6.06. The Balaban J connectivity index is 2.05. The monoisotopic (exact) mass is 294 g/mol. The molecule has 0 bridgehead atoms. The van der Waals surface area contributed by atoms with E-state index in [9.17, 15) is 4.39 Å². The van der Waals surface area contributed by atoms with Gasteiger partial charge in [-0.15, -0.1) is 11.6 Å². The quantitative estimate of drug-likeness (QED) is 0.705. The van der Waals surface area contributed by atoms with Crippen LogP contribution in [0, 0.1) is 11.2 Å². The Labute approximate surface area is 123 Å². The van der Waals surface area contributed by atoms with Crippen LogP contribution in [0.2, 0.25) is 0 Å². The molecule has 0 amide bonds. The predicted molar refractivity (Wildman–Crippen MR) is 80.5 cm³/mol. The molecule has 0 N–H and O–H groups in total. The SMILES string of the molecule is CCCC1(Cn2c(C(C)Cl)nc3cc(F)ccc32)CC1. The molecule has 1 fully saturated rings. The lowest BCUT2D eigenvalue weighted by atomic mass is 10.0. The van der Waals surface area contributed by atoms with E-state index in [0.717, 1.165) is 17.9 Å². The molecule has 1 aromatic carbocycles. The van der Waals surface area contributed by atoms with Crippen molar-refractivity contribution in [3.63, 3.8) is 0 Å². The molecule has 0 spiro atoms. The van der Waals surface area contributed by atoms with Gasteiger partial charge in [0.1, 0.15) is 11.6 Å². The van der Waals surface area contributed by atoms with E-state index in [2.05, 4.69) is 16.5 Å². The van der Waals surface area contributed by atoms with Crippen molar-refractivity contribution < 1.29 is 4.39 Å². The fraction of sp³-hybridized carbons (Fsp3) is 0.562. The van der Waals surface area contributed by atoms with Crippen molar-refractivity contribution in [1.29, 1.82) is 0 Å². The zero-order chi connectivity index (χ0) is 14.3. The molecule has 1 heterocycles. The number of fused-ring (bicyclic) bond motifs is 1. The van der Waals surface area contributed by atoms with Gasteiger partial charge < -0.3 is 4.57 Å². The highest BCUT2D eigenvalue weighted by Gasteiger charge is 2.42. The van der Waals surface area contributed by atoms with Gasteiger partial charge in [0.2, 0.25) is 0 Å². The van der Waals surface area contributed by atoms with Crippen LogP contribution in [0.1, 0.15) is 50.7 Å². The standard InChI is InChI=1S/C16H20ClFN2/c1-3-6-16(7-8-16)10-20-14-5-4-12(18)9-13(14)19-15(20)11(2)17/h4-5,9,11H,3,6-8,10H2,1-2H3. The second kappa shape index (κ2) is 5.03. The fourth-order valence-corrected chi connectivity index (χ4v) is 3.29. The van der Waals surface area contributed by atoms with Crippen LogP contribution >= 0.6 is 11.6 Å². The van der Waals surface area contributed by atoms with Crippen LogP contribution in [-0.4, -0.2) is 9.55 Å². The van der Waals surface area contributed by atoms with E-state index in [1.807, 2.05) is 13.0 Å². The molecule has 1 saturated carbocycles. The second-order valence-corrected chi connectivity index (χ2v) is 6.71. The summed E-state index contributed by atoms with van der Waals surface area (Å²) in [6.07, 6.45) is 4.99. The van der Waals surface area contributed by atoms with Crippen molar-refractivity contribution in [2.75, 3.05) is 0 Å². The Morgan fingerprint density at radius 3 is 2.80 bits per heavy atom. The van der Waals surface area contributed by atoms with Crippen LogP contribution in [0.4, 0.5) is 4.39 Å². The minimum atomic E-state index is -0.245. The molecule has 4 heteroatoms. The first kappa shape index (κ1) is 13.9. The number of rotatable bonds is 5. The molecule has 2 nitrogen and oxygen atoms in total. The first-order valence-electron chi connectivity index (χ1n) is 7.34. The van der Waals surface area contributed by atoms with E-state index >= 15 is 0 Å². The minimum absolute atomic E-state index is 0.164. The predicted octanol–water partition coefficient (Wildman–Crippen LogP) is 5.06. The Hall–Kier alpha value is -1.09. The smallest absolute Gasteiger partial charge is 0.127 e. The van der Waals surface area contributed by atoms with Crippen molar-refractivity contribution in [2.24, 2.45) is 5.41 Å². The van der Waals surface area contributed by atoms with E-state index in [0.29, 0.717) is 10.9 Å². The summed E-state index contributed by atoms with van der Waals surface area (Å²) in [5, 5.41) is -0.164. The minimum Gasteiger partial charge on any atom is -0.326 e.